The van der Waals surface area contributed by atoms with Crippen molar-refractivity contribution in [1.82, 2.24) is 10.2 Å². The maximum atomic E-state index is 12.1. The molecule has 0 aliphatic carbocycles. The Bertz CT molecular complexity index is 1000. The minimum absolute atomic E-state index is 0.160. The summed E-state index contributed by atoms with van der Waals surface area (Å²) in [5.74, 6) is -0.298. The number of aromatic amines is 1. The third-order valence-electron chi connectivity index (χ3n) is 4.64. The molecule has 1 aromatic heterocycles. The third kappa shape index (κ3) is 6.68. The van der Waals surface area contributed by atoms with Crippen molar-refractivity contribution < 1.29 is 14.3 Å². The molecule has 0 radical (unpaired) electrons. The minimum Gasteiger partial charge on any atom is -0.379 e. The number of H-pyrrole nitrogens is 1. The highest BCUT2D eigenvalue weighted by atomic mass is 16.5. The number of nitrogens with zero attached hydrogens (tertiary/aromatic N) is 1. The summed E-state index contributed by atoms with van der Waals surface area (Å²) in [7, 11) is 0. The van der Waals surface area contributed by atoms with Gasteiger partial charge < -0.3 is 20.7 Å². The standard InChI is InChI=1S/C23H27N5O3/c1-15-13-21(28-27-15)26-23(30)17(3)31-14-22(29)25-20-11-9-19(10-12-20)24-16(2)18-7-5-4-6-8-18/h4-13,16-17,24H,14H2,1-3H3,(H,25,29)(H2,26,27,28,30). The van der Waals surface area contributed by atoms with Crippen LogP contribution in [0.4, 0.5) is 17.2 Å². The smallest absolute Gasteiger partial charge is 0.254 e. The van der Waals surface area contributed by atoms with Crippen LogP contribution in [0.3, 0.4) is 0 Å². The molecule has 3 aromatic rings. The predicted octanol–water partition coefficient (Wildman–Crippen LogP) is 3.87. The van der Waals surface area contributed by atoms with Crippen molar-refractivity contribution in [3.05, 3.63) is 71.9 Å². The highest BCUT2D eigenvalue weighted by molar-refractivity contribution is 5.94. The highest BCUT2D eigenvalue weighted by Crippen LogP contribution is 2.20. The summed E-state index contributed by atoms with van der Waals surface area (Å²) < 4.78 is 5.37. The van der Waals surface area contributed by atoms with Crippen LogP contribution in [0.5, 0.6) is 0 Å². The monoisotopic (exact) mass is 421 g/mol. The first-order valence-corrected chi connectivity index (χ1v) is 10.1. The molecule has 2 atom stereocenters. The second-order valence-corrected chi connectivity index (χ2v) is 7.28. The Morgan fingerprint density at radius 1 is 1.00 bits per heavy atom. The van der Waals surface area contributed by atoms with Crippen molar-refractivity contribution in [3.63, 3.8) is 0 Å². The van der Waals surface area contributed by atoms with Gasteiger partial charge in [0.15, 0.2) is 5.82 Å². The van der Waals surface area contributed by atoms with Gasteiger partial charge in [-0.15, -0.1) is 0 Å². The van der Waals surface area contributed by atoms with Gasteiger partial charge in [0.2, 0.25) is 5.91 Å². The number of hydrogen-bond donors (Lipinski definition) is 4. The van der Waals surface area contributed by atoms with Crippen LogP contribution in [0.15, 0.2) is 60.7 Å². The molecule has 0 aliphatic heterocycles. The summed E-state index contributed by atoms with van der Waals surface area (Å²) in [6.45, 7) is 5.27. The number of nitrogens with one attached hydrogen (secondary N) is 4. The molecular formula is C23H27N5O3. The highest BCUT2D eigenvalue weighted by Gasteiger charge is 2.16. The zero-order valence-corrected chi connectivity index (χ0v) is 17.8. The molecule has 0 saturated carbocycles. The van der Waals surface area contributed by atoms with E-state index < -0.39 is 6.10 Å². The third-order valence-corrected chi connectivity index (χ3v) is 4.64. The number of anilines is 3. The van der Waals surface area contributed by atoms with Crippen LogP contribution in [-0.4, -0.2) is 34.7 Å². The van der Waals surface area contributed by atoms with E-state index in [2.05, 4.69) is 45.2 Å². The number of benzene rings is 2. The van der Waals surface area contributed by atoms with Crippen molar-refractivity contribution in [2.24, 2.45) is 0 Å². The molecule has 8 heteroatoms. The lowest BCUT2D eigenvalue weighted by atomic mass is 10.1. The van der Waals surface area contributed by atoms with Gasteiger partial charge in [-0.2, -0.15) is 5.10 Å². The molecule has 2 unspecified atom stereocenters. The van der Waals surface area contributed by atoms with Gasteiger partial charge in [0, 0.05) is 29.2 Å². The van der Waals surface area contributed by atoms with E-state index in [1.54, 1.807) is 13.0 Å². The van der Waals surface area contributed by atoms with E-state index in [4.69, 9.17) is 4.74 Å². The van der Waals surface area contributed by atoms with Gasteiger partial charge in [0.05, 0.1) is 0 Å². The van der Waals surface area contributed by atoms with E-state index >= 15 is 0 Å². The van der Waals surface area contributed by atoms with Crippen LogP contribution in [0.1, 0.15) is 31.1 Å². The predicted molar refractivity (Wildman–Crippen MR) is 121 cm³/mol. The molecule has 8 nitrogen and oxygen atoms in total. The van der Waals surface area contributed by atoms with Gasteiger partial charge in [-0.3, -0.25) is 14.7 Å². The molecule has 3 rings (SSSR count). The normalized spacial score (nSPS) is 12.6. The Morgan fingerprint density at radius 2 is 1.68 bits per heavy atom. The van der Waals surface area contributed by atoms with Crippen molar-refractivity contribution in [2.45, 2.75) is 32.9 Å². The van der Waals surface area contributed by atoms with Gasteiger partial charge >= 0.3 is 0 Å². The number of hydrogen-bond acceptors (Lipinski definition) is 5. The van der Waals surface area contributed by atoms with Gasteiger partial charge in [-0.25, -0.2) is 0 Å². The molecule has 4 N–H and O–H groups in total. The van der Waals surface area contributed by atoms with Crippen molar-refractivity contribution >= 4 is 29.0 Å². The second kappa shape index (κ2) is 10.4. The quantitative estimate of drug-likeness (QED) is 0.419. The van der Waals surface area contributed by atoms with Crippen molar-refractivity contribution in [1.29, 1.82) is 0 Å². The minimum atomic E-state index is -0.797. The van der Waals surface area contributed by atoms with Gasteiger partial charge in [-0.05, 0) is 50.6 Å². The fourth-order valence-corrected chi connectivity index (χ4v) is 2.91. The van der Waals surface area contributed by atoms with Crippen molar-refractivity contribution in [2.75, 3.05) is 22.6 Å². The molecule has 2 aromatic carbocycles. The number of ether oxygens (including phenoxy) is 1. The summed E-state index contributed by atoms with van der Waals surface area (Å²) in [4.78, 5) is 24.2. The summed E-state index contributed by atoms with van der Waals surface area (Å²) in [5, 5.41) is 15.5. The lowest BCUT2D eigenvalue weighted by Gasteiger charge is -2.16. The number of rotatable bonds is 9. The molecular weight excluding hydrogens is 394 g/mol. The fourth-order valence-electron chi connectivity index (χ4n) is 2.91. The molecule has 1 heterocycles. The molecule has 0 fully saturated rings. The molecule has 2 amide bonds. The Kier molecular flexibility index (Phi) is 7.40. The summed E-state index contributed by atoms with van der Waals surface area (Å²) >= 11 is 0. The Balaban J connectivity index is 1.43. The van der Waals surface area contributed by atoms with Crippen LogP contribution in [0.2, 0.25) is 0 Å². The zero-order valence-electron chi connectivity index (χ0n) is 17.8. The van der Waals surface area contributed by atoms with E-state index in [9.17, 15) is 9.59 Å². The second-order valence-electron chi connectivity index (χ2n) is 7.28. The van der Waals surface area contributed by atoms with Gasteiger partial charge in [0.1, 0.15) is 12.7 Å². The molecule has 0 aliphatic rings. The average molecular weight is 422 g/mol. The van der Waals surface area contributed by atoms with Crippen LogP contribution in [0.25, 0.3) is 0 Å². The molecule has 0 saturated heterocycles. The van der Waals surface area contributed by atoms with Crippen LogP contribution in [-0.2, 0) is 14.3 Å². The molecule has 162 valence electrons. The zero-order chi connectivity index (χ0) is 22.2. The Labute approximate surface area is 181 Å². The summed E-state index contributed by atoms with van der Waals surface area (Å²) in [5.41, 5.74) is 3.62. The molecule has 0 spiro atoms. The number of amides is 2. The SMILES string of the molecule is Cc1cc(NC(=O)C(C)OCC(=O)Nc2ccc(NC(C)c3ccccc3)cc2)n[nH]1. The maximum absolute atomic E-state index is 12.1. The van der Waals surface area contributed by atoms with Crippen LogP contribution >= 0.6 is 0 Å². The Hall–Kier alpha value is -3.65. The van der Waals surface area contributed by atoms with E-state index in [1.807, 2.05) is 49.4 Å². The Morgan fingerprint density at radius 3 is 2.32 bits per heavy atom. The summed E-state index contributed by atoms with van der Waals surface area (Å²) in [6, 6.07) is 19.5. The molecule has 31 heavy (non-hydrogen) atoms. The average Bonchev–Trinajstić information content (AvgIpc) is 3.18. The van der Waals surface area contributed by atoms with E-state index in [1.165, 1.54) is 5.56 Å². The fraction of sp³-hybridized carbons (Fsp3) is 0.261. The lowest BCUT2D eigenvalue weighted by Crippen LogP contribution is -2.31. The number of carbonyl (C=O) groups is 2. The first kappa shape index (κ1) is 22.0. The van der Waals surface area contributed by atoms with E-state index in [0.29, 0.717) is 11.5 Å². The van der Waals surface area contributed by atoms with Crippen LogP contribution < -0.4 is 16.0 Å². The van der Waals surface area contributed by atoms with Crippen molar-refractivity contribution in [3.8, 4) is 0 Å². The van der Waals surface area contributed by atoms with E-state index in [0.717, 1.165) is 11.4 Å². The van der Waals surface area contributed by atoms with E-state index in [-0.39, 0.29) is 24.5 Å². The lowest BCUT2D eigenvalue weighted by molar-refractivity contribution is -0.131. The first-order chi connectivity index (χ1) is 14.9. The largest absolute Gasteiger partial charge is 0.379 e. The number of carbonyl (C=O) groups excluding carboxylic acids is 2. The van der Waals surface area contributed by atoms with Crippen LogP contribution in [0, 0.1) is 6.92 Å². The van der Waals surface area contributed by atoms with Gasteiger partial charge in [-0.1, -0.05) is 30.3 Å². The maximum Gasteiger partial charge on any atom is 0.254 e. The number of aryl methyl sites for hydroxylation is 1. The number of aromatic nitrogens is 2. The summed E-state index contributed by atoms with van der Waals surface area (Å²) in [6.07, 6.45) is -0.797. The van der Waals surface area contributed by atoms with Gasteiger partial charge in [0.25, 0.3) is 5.91 Å². The molecule has 0 bridgehead atoms. The first-order valence-electron chi connectivity index (χ1n) is 10.1. The topological polar surface area (TPSA) is 108 Å².